The fourth-order valence-electron chi connectivity index (χ4n) is 2.40. The summed E-state index contributed by atoms with van der Waals surface area (Å²) in [6.45, 7) is -0.354. The van der Waals surface area contributed by atoms with Gasteiger partial charge in [0.2, 0.25) is 0 Å². The number of ether oxygens (including phenoxy) is 1. The van der Waals surface area contributed by atoms with Crippen molar-refractivity contribution in [1.29, 1.82) is 0 Å². The van der Waals surface area contributed by atoms with Crippen molar-refractivity contribution >= 4 is 65.5 Å². The van der Waals surface area contributed by atoms with E-state index in [2.05, 4.69) is 36.8 Å². The van der Waals surface area contributed by atoms with Crippen LogP contribution in [0.15, 0.2) is 21.1 Å². The molecule has 4 atom stereocenters. The summed E-state index contributed by atoms with van der Waals surface area (Å²) < 4.78 is 9.64. The monoisotopic (exact) mass is 532 g/mol. The lowest BCUT2D eigenvalue weighted by Gasteiger charge is -2.18. The third kappa shape index (κ3) is 2.66. The minimum atomic E-state index is -1.13. The van der Waals surface area contributed by atoms with Crippen molar-refractivity contribution in [2.75, 3.05) is 6.61 Å². The van der Waals surface area contributed by atoms with Gasteiger partial charge in [-0.1, -0.05) is 0 Å². The van der Waals surface area contributed by atoms with Crippen LogP contribution >= 0.6 is 54.5 Å². The van der Waals surface area contributed by atoms with Crippen molar-refractivity contribution in [2.45, 2.75) is 24.5 Å². The summed E-state index contributed by atoms with van der Waals surface area (Å²) in [6, 6.07) is 3.72. The summed E-state index contributed by atoms with van der Waals surface area (Å²) in [5.41, 5.74) is 1.51. The normalized spacial score (nSPS) is 29.4. The summed E-state index contributed by atoms with van der Waals surface area (Å²) in [5, 5.41) is 29.3. The standard InChI is InChI=1S/C12H11Br2IN2O4/c13-4-1-6-7(2-5(4)14)17(12(15)16-6)11-10(20)9(19)8(3-18)21-11/h1-2,8-11,18-20H,3H2/t8-,9-,10-,11-/m1/s1. The van der Waals surface area contributed by atoms with Crippen molar-refractivity contribution in [3.8, 4) is 0 Å². The van der Waals surface area contributed by atoms with Gasteiger partial charge in [-0.2, -0.15) is 0 Å². The van der Waals surface area contributed by atoms with Gasteiger partial charge in [-0.3, -0.25) is 4.57 Å². The van der Waals surface area contributed by atoms with Gasteiger partial charge in [0.15, 0.2) is 10.1 Å². The highest BCUT2D eigenvalue weighted by molar-refractivity contribution is 14.1. The molecule has 114 valence electrons. The third-order valence-corrected chi connectivity index (χ3v) is 6.07. The Kier molecular flexibility index (Phi) is 4.61. The molecule has 1 aromatic heterocycles. The molecule has 1 aliphatic rings. The summed E-state index contributed by atoms with van der Waals surface area (Å²) in [5.74, 6) is 0. The molecule has 0 unspecified atom stereocenters. The molecular formula is C12H11Br2IN2O4. The highest BCUT2D eigenvalue weighted by Crippen LogP contribution is 2.36. The van der Waals surface area contributed by atoms with E-state index in [0.717, 1.165) is 20.0 Å². The zero-order valence-electron chi connectivity index (χ0n) is 10.4. The third-order valence-electron chi connectivity index (χ3n) is 3.46. The zero-order chi connectivity index (χ0) is 15.3. The number of hydrogen-bond donors (Lipinski definition) is 3. The van der Waals surface area contributed by atoms with Crippen LogP contribution in [0.3, 0.4) is 0 Å². The first-order valence-corrected chi connectivity index (χ1v) is 8.75. The Balaban J connectivity index is 2.12. The van der Waals surface area contributed by atoms with Crippen LogP contribution in [0, 0.1) is 3.83 Å². The second-order valence-electron chi connectivity index (χ2n) is 4.73. The molecular weight excluding hydrogens is 523 g/mol. The summed E-state index contributed by atoms with van der Waals surface area (Å²) in [7, 11) is 0. The lowest BCUT2D eigenvalue weighted by Crippen LogP contribution is -2.33. The highest BCUT2D eigenvalue weighted by atomic mass is 127. The van der Waals surface area contributed by atoms with Crippen molar-refractivity contribution in [1.82, 2.24) is 9.55 Å². The molecule has 0 radical (unpaired) electrons. The van der Waals surface area contributed by atoms with Gasteiger partial charge in [-0.05, 0) is 44.0 Å². The molecule has 1 fully saturated rings. The van der Waals surface area contributed by atoms with Gasteiger partial charge < -0.3 is 20.1 Å². The van der Waals surface area contributed by atoms with E-state index in [-0.39, 0.29) is 6.61 Å². The Labute approximate surface area is 150 Å². The van der Waals surface area contributed by atoms with E-state index in [1.54, 1.807) is 4.57 Å². The molecule has 0 saturated carbocycles. The fraction of sp³-hybridized carbons (Fsp3) is 0.417. The molecule has 1 aromatic carbocycles. The predicted molar refractivity (Wildman–Crippen MR) is 90.9 cm³/mol. The van der Waals surface area contributed by atoms with Gasteiger partial charge >= 0.3 is 0 Å². The van der Waals surface area contributed by atoms with Crippen molar-refractivity contribution in [3.05, 3.63) is 24.9 Å². The maximum Gasteiger partial charge on any atom is 0.174 e. The largest absolute Gasteiger partial charge is 0.394 e. The lowest BCUT2D eigenvalue weighted by atomic mass is 10.1. The topological polar surface area (TPSA) is 87.7 Å². The van der Waals surface area contributed by atoms with E-state index in [1.807, 2.05) is 34.7 Å². The molecule has 3 rings (SSSR count). The van der Waals surface area contributed by atoms with Crippen LogP contribution in [0.5, 0.6) is 0 Å². The molecule has 21 heavy (non-hydrogen) atoms. The van der Waals surface area contributed by atoms with Crippen LogP contribution in [0.4, 0.5) is 0 Å². The van der Waals surface area contributed by atoms with E-state index in [1.165, 1.54) is 0 Å². The first-order chi connectivity index (χ1) is 9.93. The minimum Gasteiger partial charge on any atom is -0.394 e. The number of aliphatic hydroxyl groups excluding tert-OH is 3. The lowest BCUT2D eigenvalue weighted by molar-refractivity contribution is -0.0520. The van der Waals surface area contributed by atoms with Crippen LogP contribution < -0.4 is 0 Å². The van der Waals surface area contributed by atoms with Gasteiger partial charge in [0.1, 0.15) is 18.3 Å². The molecule has 2 heterocycles. The number of rotatable bonds is 2. The van der Waals surface area contributed by atoms with Crippen LogP contribution in [0.2, 0.25) is 0 Å². The highest BCUT2D eigenvalue weighted by Gasteiger charge is 2.44. The van der Waals surface area contributed by atoms with Crippen molar-refractivity contribution < 1.29 is 20.1 Å². The number of fused-ring (bicyclic) bond motifs is 1. The van der Waals surface area contributed by atoms with E-state index >= 15 is 0 Å². The van der Waals surface area contributed by atoms with E-state index in [4.69, 9.17) is 4.74 Å². The Bertz CT molecular complexity index is 695. The maximum absolute atomic E-state index is 10.2. The molecule has 1 aliphatic heterocycles. The smallest absolute Gasteiger partial charge is 0.174 e. The van der Waals surface area contributed by atoms with Crippen molar-refractivity contribution in [2.24, 2.45) is 0 Å². The summed E-state index contributed by atoms with van der Waals surface area (Å²) in [4.78, 5) is 4.43. The average molecular weight is 534 g/mol. The first-order valence-electron chi connectivity index (χ1n) is 6.09. The van der Waals surface area contributed by atoms with Crippen LogP contribution in [0.25, 0.3) is 11.0 Å². The van der Waals surface area contributed by atoms with E-state index in [9.17, 15) is 15.3 Å². The Morgan fingerprint density at radius 2 is 1.90 bits per heavy atom. The predicted octanol–water partition coefficient (Wildman–Crippen LogP) is 1.78. The number of aromatic nitrogens is 2. The van der Waals surface area contributed by atoms with E-state index in [0.29, 0.717) is 3.83 Å². The van der Waals surface area contributed by atoms with Gasteiger partial charge in [0, 0.05) is 31.5 Å². The zero-order valence-corrected chi connectivity index (χ0v) is 15.8. The summed E-state index contributed by atoms with van der Waals surface area (Å²) >= 11 is 8.91. The number of hydrogen-bond acceptors (Lipinski definition) is 5. The quantitative estimate of drug-likeness (QED) is 0.512. The van der Waals surface area contributed by atoms with Crippen LogP contribution in [-0.2, 0) is 4.74 Å². The minimum absolute atomic E-state index is 0.354. The number of imidazole rings is 1. The summed E-state index contributed by atoms with van der Waals surface area (Å²) in [6.07, 6.45) is -3.86. The second kappa shape index (κ2) is 6.02. The number of aliphatic hydroxyl groups is 3. The Hall–Kier alpha value is 0.220. The molecule has 6 nitrogen and oxygen atoms in total. The second-order valence-corrected chi connectivity index (χ2v) is 7.41. The van der Waals surface area contributed by atoms with Gasteiger partial charge in [-0.25, -0.2) is 4.98 Å². The molecule has 1 saturated heterocycles. The fourth-order valence-corrected chi connectivity index (χ4v) is 3.85. The first kappa shape index (κ1) is 16.1. The van der Waals surface area contributed by atoms with Crippen LogP contribution in [-0.4, -0.2) is 49.8 Å². The van der Waals surface area contributed by atoms with Crippen LogP contribution in [0.1, 0.15) is 6.23 Å². The molecule has 0 aliphatic carbocycles. The maximum atomic E-state index is 10.2. The number of benzene rings is 1. The Morgan fingerprint density at radius 3 is 2.52 bits per heavy atom. The van der Waals surface area contributed by atoms with E-state index < -0.39 is 24.5 Å². The molecule has 0 bridgehead atoms. The van der Waals surface area contributed by atoms with Gasteiger partial charge in [0.05, 0.1) is 17.6 Å². The van der Waals surface area contributed by atoms with Gasteiger partial charge in [-0.15, -0.1) is 0 Å². The molecule has 3 N–H and O–H groups in total. The number of nitrogens with zero attached hydrogens (tertiary/aromatic N) is 2. The number of halogens is 3. The molecule has 2 aromatic rings. The average Bonchev–Trinajstić information content (AvgIpc) is 2.89. The van der Waals surface area contributed by atoms with Crippen molar-refractivity contribution in [3.63, 3.8) is 0 Å². The SMILES string of the molecule is OC[C@H]1O[C@@H](n2c(I)nc3cc(Br)c(Br)cc32)[C@H](O)[C@@H]1O. The molecule has 0 amide bonds. The molecule has 9 heteroatoms. The Morgan fingerprint density at radius 1 is 1.24 bits per heavy atom. The van der Waals surface area contributed by atoms with Gasteiger partial charge in [0.25, 0.3) is 0 Å². The molecule has 0 spiro atoms.